The van der Waals surface area contributed by atoms with Crippen molar-refractivity contribution < 1.29 is 13.2 Å². The van der Waals surface area contributed by atoms with Crippen molar-refractivity contribution in [1.82, 2.24) is 9.62 Å². The molecule has 0 amide bonds. The number of sulfonamides is 1. The molecule has 0 aliphatic carbocycles. The first-order chi connectivity index (χ1) is 9.75. The molecule has 0 saturated carbocycles. The number of hydrogen-bond acceptors (Lipinski definition) is 4. The lowest BCUT2D eigenvalue weighted by Gasteiger charge is -2.28. The fourth-order valence-corrected chi connectivity index (χ4v) is 3.73. The summed E-state index contributed by atoms with van der Waals surface area (Å²) in [6.45, 7) is 6.53. The highest BCUT2D eigenvalue weighted by Gasteiger charge is 2.29. The first kappa shape index (κ1) is 17.9. The van der Waals surface area contributed by atoms with Crippen molar-refractivity contribution in [2.75, 3.05) is 21.2 Å². The van der Waals surface area contributed by atoms with Crippen LogP contribution in [0.15, 0.2) is 23.1 Å². The summed E-state index contributed by atoms with van der Waals surface area (Å²) in [7, 11) is 1.34. The van der Waals surface area contributed by atoms with Crippen LogP contribution in [-0.4, -0.2) is 40.0 Å². The lowest BCUT2D eigenvalue weighted by Crippen LogP contribution is -2.38. The second-order valence-electron chi connectivity index (χ2n) is 5.52. The van der Waals surface area contributed by atoms with Crippen molar-refractivity contribution in [2.24, 2.45) is 5.92 Å². The molecule has 5 nitrogen and oxygen atoms in total. The first-order valence-corrected chi connectivity index (χ1v) is 8.49. The standard InChI is InChI=1S/C15H26N2O3S/c1-11(2)12(3)17(5)21(18,19)15-9-13(10-16-4)7-8-14(15)20-6/h7-9,11-12,16H,10H2,1-6H3. The zero-order chi connectivity index (χ0) is 16.2. The highest BCUT2D eigenvalue weighted by Crippen LogP contribution is 2.29. The third-order valence-electron chi connectivity index (χ3n) is 3.80. The van der Waals surface area contributed by atoms with Gasteiger partial charge in [0.2, 0.25) is 10.0 Å². The zero-order valence-corrected chi connectivity index (χ0v) is 14.5. The van der Waals surface area contributed by atoms with Crippen LogP contribution < -0.4 is 10.1 Å². The zero-order valence-electron chi connectivity index (χ0n) is 13.7. The van der Waals surface area contributed by atoms with Crippen LogP contribution in [0.4, 0.5) is 0 Å². The molecule has 0 spiro atoms. The number of rotatable bonds is 7. The van der Waals surface area contributed by atoms with Gasteiger partial charge < -0.3 is 10.1 Å². The first-order valence-electron chi connectivity index (χ1n) is 7.05. The molecule has 1 unspecified atom stereocenters. The van der Waals surface area contributed by atoms with Crippen molar-refractivity contribution in [3.8, 4) is 5.75 Å². The summed E-state index contributed by atoms with van der Waals surface area (Å²) in [5.74, 6) is 0.605. The lowest BCUT2D eigenvalue weighted by atomic mass is 10.1. The lowest BCUT2D eigenvalue weighted by molar-refractivity contribution is 0.313. The smallest absolute Gasteiger partial charge is 0.246 e. The molecule has 1 rings (SSSR count). The summed E-state index contributed by atoms with van der Waals surface area (Å²) in [4.78, 5) is 0.216. The molecule has 1 atom stereocenters. The van der Waals surface area contributed by atoms with Gasteiger partial charge in [-0.2, -0.15) is 4.31 Å². The maximum absolute atomic E-state index is 12.8. The molecule has 1 aromatic rings. The van der Waals surface area contributed by atoms with E-state index in [4.69, 9.17) is 4.74 Å². The minimum Gasteiger partial charge on any atom is -0.495 e. The number of hydrogen-bond donors (Lipinski definition) is 1. The summed E-state index contributed by atoms with van der Waals surface area (Å²) < 4.78 is 32.3. The van der Waals surface area contributed by atoms with Crippen LogP contribution in [0, 0.1) is 5.92 Å². The van der Waals surface area contributed by atoms with E-state index in [2.05, 4.69) is 5.32 Å². The van der Waals surface area contributed by atoms with Gasteiger partial charge in [-0.25, -0.2) is 8.42 Å². The molecule has 0 saturated heterocycles. The Hall–Kier alpha value is -1.11. The Kier molecular flexibility index (Phi) is 6.19. The fourth-order valence-electron chi connectivity index (χ4n) is 2.03. The Bertz CT molecular complexity index is 570. The van der Waals surface area contributed by atoms with Crippen LogP contribution in [-0.2, 0) is 16.6 Å². The summed E-state index contributed by atoms with van der Waals surface area (Å²) in [6, 6.07) is 5.15. The van der Waals surface area contributed by atoms with E-state index in [-0.39, 0.29) is 16.9 Å². The van der Waals surface area contributed by atoms with Crippen molar-refractivity contribution in [2.45, 2.75) is 38.3 Å². The Labute approximate surface area is 128 Å². The van der Waals surface area contributed by atoms with E-state index in [9.17, 15) is 8.42 Å². The predicted octanol–water partition coefficient (Wildman–Crippen LogP) is 2.08. The topological polar surface area (TPSA) is 58.6 Å². The minimum absolute atomic E-state index is 0.0901. The number of ether oxygens (including phenoxy) is 1. The van der Waals surface area contributed by atoms with E-state index in [0.717, 1.165) is 5.56 Å². The monoisotopic (exact) mass is 314 g/mol. The molecule has 1 N–H and O–H groups in total. The molecular weight excluding hydrogens is 288 g/mol. The third-order valence-corrected chi connectivity index (χ3v) is 5.77. The molecule has 0 aliphatic rings. The number of benzene rings is 1. The van der Waals surface area contributed by atoms with E-state index in [0.29, 0.717) is 12.3 Å². The van der Waals surface area contributed by atoms with Gasteiger partial charge >= 0.3 is 0 Å². The van der Waals surface area contributed by atoms with Crippen LogP contribution in [0.3, 0.4) is 0 Å². The van der Waals surface area contributed by atoms with E-state index in [1.807, 2.05) is 33.9 Å². The SMILES string of the molecule is CNCc1ccc(OC)c(S(=O)(=O)N(C)C(C)C(C)C)c1. The Morgan fingerprint density at radius 1 is 1.29 bits per heavy atom. The highest BCUT2D eigenvalue weighted by atomic mass is 32.2. The molecular formula is C15H26N2O3S. The molecule has 21 heavy (non-hydrogen) atoms. The predicted molar refractivity (Wildman–Crippen MR) is 85.0 cm³/mol. The van der Waals surface area contributed by atoms with Crippen LogP contribution >= 0.6 is 0 Å². The summed E-state index contributed by atoms with van der Waals surface area (Å²) in [5.41, 5.74) is 0.905. The quantitative estimate of drug-likeness (QED) is 0.837. The maximum atomic E-state index is 12.8. The van der Waals surface area contributed by atoms with Gasteiger partial charge in [-0.1, -0.05) is 19.9 Å². The molecule has 0 aliphatic heterocycles. The number of methoxy groups -OCH3 is 1. The molecule has 0 bridgehead atoms. The van der Waals surface area contributed by atoms with E-state index in [1.54, 1.807) is 19.2 Å². The van der Waals surface area contributed by atoms with Crippen molar-refractivity contribution in [3.05, 3.63) is 23.8 Å². The third kappa shape index (κ3) is 3.96. The van der Waals surface area contributed by atoms with Gasteiger partial charge in [-0.05, 0) is 37.6 Å². The average Bonchev–Trinajstić information content (AvgIpc) is 2.45. The van der Waals surface area contributed by atoms with Gasteiger partial charge in [0.1, 0.15) is 10.6 Å². The molecule has 120 valence electrons. The van der Waals surface area contributed by atoms with Crippen LogP contribution in [0.5, 0.6) is 5.75 Å². The van der Waals surface area contributed by atoms with Gasteiger partial charge in [0.25, 0.3) is 0 Å². The molecule has 0 aromatic heterocycles. The van der Waals surface area contributed by atoms with Crippen molar-refractivity contribution in [3.63, 3.8) is 0 Å². The van der Waals surface area contributed by atoms with Crippen LogP contribution in [0.2, 0.25) is 0 Å². The van der Waals surface area contributed by atoms with E-state index < -0.39 is 10.0 Å². The number of nitrogens with zero attached hydrogens (tertiary/aromatic N) is 1. The van der Waals surface area contributed by atoms with Crippen molar-refractivity contribution in [1.29, 1.82) is 0 Å². The van der Waals surface area contributed by atoms with Crippen LogP contribution in [0.25, 0.3) is 0 Å². The van der Waals surface area contributed by atoms with Gasteiger partial charge in [0.05, 0.1) is 7.11 Å². The Balaban J connectivity index is 3.31. The molecule has 6 heteroatoms. The van der Waals surface area contributed by atoms with Gasteiger partial charge in [-0.15, -0.1) is 0 Å². The minimum atomic E-state index is -3.59. The second-order valence-corrected chi connectivity index (χ2v) is 7.49. The highest BCUT2D eigenvalue weighted by molar-refractivity contribution is 7.89. The van der Waals surface area contributed by atoms with E-state index in [1.165, 1.54) is 11.4 Å². The van der Waals surface area contributed by atoms with Crippen LogP contribution in [0.1, 0.15) is 26.3 Å². The molecule has 0 fully saturated rings. The molecule has 0 heterocycles. The maximum Gasteiger partial charge on any atom is 0.246 e. The molecule has 0 radical (unpaired) electrons. The Morgan fingerprint density at radius 2 is 1.90 bits per heavy atom. The summed E-state index contributed by atoms with van der Waals surface area (Å²) in [5, 5.41) is 3.02. The van der Waals surface area contributed by atoms with E-state index >= 15 is 0 Å². The second kappa shape index (κ2) is 7.24. The largest absolute Gasteiger partial charge is 0.495 e. The van der Waals surface area contributed by atoms with Gasteiger partial charge in [0.15, 0.2) is 0 Å². The molecule has 1 aromatic carbocycles. The number of nitrogens with one attached hydrogen (secondary N) is 1. The fraction of sp³-hybridized carbons (Fsp3) is 0.600. The van der Waals surface area contributed by atoms with Gasteiger partial charge in [-0.3, -0.25) is 0 Å². The summed E-state index contributed by atoms with van der Waals surface area (Å²) >= 11 is 0. The average molecular weight is 314 g/mol. The Morgan fingerprint density at radius 3 is 2.38 bits per heavy atom. The summed E-state index contributed by atoms with van der Waals surface area (Å²) in [6.07, 6.45) is 0. The van der Waals surface area contributed by atoms with Gasteiger partial charge in [0, 0.05) is 19.6 Å². The normalized spacial score (nSPS) is 13.7. The van der Waals surface area contributed by atoms with Crippen molar-refractivity contribution >= 4 is 10.0 Å².